The highest BCUT2D eigenvalue weighted by Gasteiger charge is 2.25. The zero-order chi connectivity index (χ0) is 19.3. The largest absolute Gasteiger partial charge is 0.486 e. The summed E-state index contributed by atoms with van der Waals surface area (Å²) in [5.41, 5.74) is 0.818. The number of benzene rings is 1. The first kappa shape index (κ1) is 19.2. The van der Waals surface area contributed by atoms with Gasteiger partial charge in [-0.05, 0) is 48.9 Å². The van der Waals surface area contributed by atoms with Gasteiger partial charge in [0.2, 0.25) is 5.91 Å². The third-order valence-electron chi connectivity index (χ3n) is 5.25. The van der Waals surface area contributed by atoms with E-state index < -0.39 is 0 Å². The lowest BCUT2D eigenvalue weighted by molar-refractivity contribution is -0.120. The highest BCUT2D eigenvalue weighted by atomic mass is 32.1. The minimum absolute atomic E-state index is 0.0590. The van der Waals surface area contributed by atoms with E-state index in [1.54, 1.807) is 11.3 Å². The van der Waals surface area contributed by atoms with Crippen molar-refractivity contribution in [3.8, 4) is 11.5 Å². The maximum absolute atomic E-state index is 13.3. The van der Waals surface area contributed by atoms with Crippen molar-refractivity contribution in [2.24, 2.45) is 5.92 Å². The quantitative estimate of drug-likeness (QED) is 0.805. The maximum Gasteiger partial charge on any atom is 0.241 e. The molecule has 2 aromatic rings. The number of hydrogen-bond donors (Lipinski definition) is 1. The van der Waals surface area contributed by atoms with Crippen LogP contribution in [0.5, 0.6) is 11.5 Å². The first-order valence-corrected chi connectivity index (χ1v) is 10.7. The van der Waals surface area contributed by atoms with Gasteiger partial charge in [0.05, 0.1) is 13.1 Å². The van der Waals surface area contributed by atoms with Gasteiger partial charge in [0, 0.05) is 29.8 Å². The van der Waals surface area contributed by atoms with Gasteiger partial charge in [-0.2, -0.15) is 0 Å². The molecule has 2 aliphatic heterocycles. The second-order valence-corrected chi connectivity index (χ2v) is 8.35. The summed E-state index contributed by atoms with van der Waals surface area (Å²) in [5.74, 6) is 1.73. The van der Waals surface area contributed by atoms with Crippen LogP contribution in [0.25, 0.3) is 0 Å². The van der Waals surface area contributed by atoms with Crippen molar-refractivity contribution in [1.29, 1.82) is 0 Å². The highest BCUT2D eigenvalue weighted by molar-refractivity contribution is 7.09. The van der Waals surface area contributed by atoms with Crippen LogP contribution < -0.4 is 14.4 Å². The summed E-state index contributed by atoms with van der Waals surface area (Å²) >= 11 is 1.65. The molecule has 4 rings (SSSR count). The highest BCUT2D eigenvalue weighted by Crippen LogP contribution is 2.35. The van der Waals surface area contributed by atoms with Gasteiger partial charge in [-0.15, -0.1) is 11.3 Å². The molecule has 1 saturated heterocycles. The van der Waals surface area contributed by atoms with Crippen LogP contribution in [0.3, 0.4) is 0 Å². The average molecular weight is 403 g/mol. The molecule has 7 heteroatoms. The smallest absolute Gasteiger partial charge is 0.241 e. The molecule has 0 aliphatic carbocycles. The molecule has 0 saturated carbocycles. The van der Waals surface area contributed by atoms with Gasteiger partial charge in [0.25, 0.3) is 0 Å². The zero-order valence-electron chi connectivity index (χ0n) is 15.9. The predicted molar refractivity (Wildman–Crippen MR) is 109 cm³/mol. The summed E-state index contributed by atoms with van der Waals surface area (Å²) in [6, 6.07) is 9.74. The van der Waals surface area contributed by atoms with Crippen molar-refractivity contribution in [1.82, 2.24) is 4.90 Å². The fraction of sp³-hybridized carbons (Fsp3) is 0.476. The number of thiophene rings is 1. The second kappa shape index (κ2) is 8.94. The number of piperidine rings is 1. The number of rotatable bonds is 6. The first-order valence-electron chi connectivity index (χ1n) is 9.78. The van der Waals surface area contributed by atoms with Crippen LogP contribution in [-0.4, -0.2) is 55.4 Å². The van der Waals surface area contributed by atoms with Crippen LogP contribution in [0.4, 0.5) is 5.69 Å². The number of aliphatic hydroxyl groups excluding tert-OH is 1. The molecular formula is C21H26N2O4S. The van der Waals surface area contributed by atoms with E-state index in [1.807, 2.05) is 40.6 Å². The fourth-order valence-corrected chi connectivity index (χ4v) is 4.50. The van der Waals surface area contributed by atoms with Crippen molar-refractivity contribution in [2.45, 2.75) is 19.4 Å². The standard InChI is InChI=1S/C21H26N2O4S/c24-15-16-3-1-7-22(12-16)14-21(25)23(13-18-4-2-10-28-18)17-5-6-19-20(11-17)27-9-8-26-19/h2,4-6,10-11,16,24H,1,3,7-9,12-15H2. The van der Waals surface area contributed by atoms with E-state index in [0.717, 1.165) is 42.2 Å². The lowest BCUT2D eigenvalue weighted by Gasteiger charge is -2.33. The number of carbonyl (C=O) groups is 1. The van der Waals surface area contributed by atoms with Crippen molar-refractivity contribution < 1.29 is 19.4 Å². The molecule has 1 atom stereocenters. The van der Waals surface area contributed by atoms with E-state index in [4.69, 9.17) is 9.47 Å². The SMILES string of the molecule is O=C(CN1CCCC(CO)C1)N(Cc1cccs1)c1ccc2c(c1)OCCO2. The molecule has 1 unspecified atom stereocenters. The minimum Gasteiger partial charge on any atom is -0.486 e. The molecule has 0 spiro atoms. The van der Waals surface area contributed by atoms with E-state index in [0.29, 0.717) is 32.1 Å². The molecular weight excluding hydrogens is 376 g/mol. The summed E-state index contributed by atoms with van der Waals surface area (Å²) in [6.45, 7) is 3.82. The first-order chi connectivity index (χ1) is 13.7. The van der Waals surface area contributed by atoms with Gasteiger partial charge in [0.1, 0.15) is 13.2 Å². The topological polar surface area (TPSA) is 62.2 Å². The number of ether oxygens (including phenoxy) is 2. The molecule has 3 heterocycles. The molecule has 150 valence electrons. The Hall–Kier alpha value is -2.09. The number of amides is 1. The lowest BCUT2D eigenvalue weighted by atomic mass is 9.99. The Balaban J connectivity index is 1.54. The summed E-state index contributed by atoms with van der Waals surface area (Å²) in [7, 11) is 0. The van der Waals surface area contributed by atoms with Gasteiger partial charge >= 0.3 is 0 Å². The van der Waals surface area contributed by atoms with E-state index in [2.05, 4.69) is 4.90 Å². The fourth-order valence-electron chi connectivity index (χ4n) is 3.80. The van der Waals surface area contributed by atoms with E-state index in [9.17, 15) is 9.90 Å². The summed E-state index contributed by atoms with van der Waals surface area (Å²) in [6.07, 6.45) is 2.05. The number of anilines is 1. The molecule has 0 radical (unpaired) electrons. The van der Waals surface area contributed by atoms with Crippen LogP contribution >= 0.6 is 11.3 Å². The number of nitrogens with zero attached hydrogens (tertiary/aromatic N) is 2. The van der Waals surface area contributed by atoms with Gasteiger partial charge < -0.3 is 19.5 Å². The van der Waals surface area contributed by atoms with Crippen molar-refractivity contribution in [3.05, 3.63) is 40.6 Å². The molecule has 6 nitrogen and oxygen atoms in total. The Morgan fingerprint density at radius 2 is 2.11 bits per heavy atom. The molecule has 1 fully saturated rings. The number of hydrogen-bond acceptors (Lipinski definition) is 6. The minimum atomic E-state index is 0.0590. The summed E-state index contributed by atoms with van der Waals surface area (Å²) in [5, 5.41) is 11.5. The number of likely N-dealkylation sites (tertiary alicyclic amines) is 1. The monoisotopic (exact) mass is 402 g/mol. The Morgan fingerprint density at radius 1 is 1.25 bits per heavy atom. The van der Waals surface area contributed by atoms with Crippen LogP contribution in [0.2, 0.25) is 0 Å². The van der Waals surface area contributed by atoms with Crippen molar-refractivity contribution in [2.75, 3.05) is 44.4 Å². The average Bonchev–Trinajstić information content (AvgIpc) is 3.25. The molecule has 1 aromatic heterocycles. The van der Waals surface area contributed by atoms with Crippen molar-refractivity contribution >= 4 is 22.9 Å². The summed E-state index contributed by atoms with van der Waals surface area (Å²) < 4.78 is 11.3. The van der Waals surface area contributed by atoms with Gasteiger partial charge in [-0.25, -0.2) is 0 Å². The molecule has 0 bridgehead atoms. The van der Waals surface area contributed by atoms with Crippen LogP contribution in [0, 0.1) is 5.92 Å². The Labute approximate surface area is 169 Å². The van der Waals surface area contributed by atoms with Gasteiger partial charge in [-0.3, -0.25) is 9.69 Å². The normalized spacial score (nSPS) is 19.4. The third-order valence-corrected chi connectivity index (χ3v) is 6.11. The van der Waals surface area contributed by atoms with E-state index >= 15 is 0 Å². The molecule has 1 aromatic carbocycles. The zero-order valence-corrected chi connectivity index (χ0v) is 16.7. The Morgan fingerprint density at radius 3 is 2.89 bits per heavy atom. The van der Waals surface area contributed by atoms with Crippen LogP contribution in [-0.2, 0) is 11.3 Å². The molecule has 28 heavy (non-hydrogen) atoms. The summed E-state index contributed by atoms with van der Waals surface area (Å²) in [4.78, 5) is 18.4. The number of fused-ring (bicyclic) bond motifs is 1. The molecule has 1 amide bonds. The molecule has 1 N–H and O–H groups in total. The lowest BCUT2D eigenvalue weighted by Crippen LogP contribution is -2.44. The predicted octanol–water partition coefficient (Wildman–Crippen LogP) is 2.76. The van der Waals surface area contributed by atoms with Crippen LogP contribution in [0.1, 0.15) is 17.7 Å². The number of carbonyl (C=O) groups excluding carboxylic acids is 1. The van der Waals surface area contributed by atoms with E-state index in [-0.39, 0.29) is 18.4 Å². The van der Waals surface area contributed by atoms with Crippen LogP contribution in [0.15, 0.2) is 35.7 Å². The third kappa shape index (κ3) is 4.48. The second-order valence-electron chi connectivity index (χ2n) is 7.31. The van der Waals surface area contributed by atoms with Gasteiger partial charge in [-0.1, -0.05) is 6.07 Å². The maximum atomic E-state index is 13.3. The number of aliphatic hydroxyl groups is 1. The molecule has 2 aliphatic rings. The Kier molecular flexibility index (Phi) is 6.14. The van der Waals surface area contributed by atoms with Crippen molar-refractivity contribution in [3.63, 3.8) is 0 Å². The van der Waals surface area contributed by atoms with Gasteiger partial charge in [0.15, 0.2) is 11.5 Å². The Bertz CT molecular complexity index is 796. The van der Waals surface area contributed by atoms with E-state index in [1.165, 1.54) is 0 Å².